The van der Waals surface area contributed by atoms with Crippen molar-refractivity contribution >= 4 is 50.6 Å². The topological polar surface area (TPSA) is 97.8 Å². The summed E-state index contributed by atoms with van der Waals surface area (Å²) in [6, 6.07) is 2.02. The molecule has 0 saturated carbocycles. The highest BCUT2D eigenvalue weighted by atomic mass is 79.9. The Kier molecular flexibility index (Phi) is 5.16. The third-order valence-electron chi connectivity index (χ3n) is 4.65. The van der Waals surface area contributed by atoms with Crippen LogP contribution in [0.25, 0.3) is 16.8 Å². The smallest absolute Gasteiger partial charge is 0.407 e. The van der Waals surface area contributed by atoms with E-state index >= 15 is 0 Å². The van der Waals surface area contributed by atoms with Crippen molar-refractivity contribution in [1.29, 1.82) is 0 Å². The molecule has 1 fully saturated rings. The number of fused-ring (bicyclic) bond motifs is 1. The SMILES string of the molecule is CC(C)(C)OC(=O)N[C@H]1CCN(c2nc3c(-c4ccsc4)cnn3c(N)c2Br)C1. The first-order chi connectivity index (χ1) is 13.7. The molecule has 0 unspecified atom stereocenters. The minimum atomic E-state index is -0.521. The van der Waals surface area contributed by atoms with Crippen LogP contribution in [-0.2, 0) is 4.74 Å². The molecule has 0 radical (unpaired) electrons. The molecule has 3 aromatic heterocycles. The number of amides is 1. The van der Waals surface area contributed by atoms with Gasteiger partial charge in [0.05, 0.1) is 12.2 Å². The van der Waals surface area contributed by atoms with E-state index in [0.717, 1.165) is 29.9 Å². The maximum atomic E-state index is 12.1. The Morgan fingerprint density at radius 2 is 2.24 bits per heavy atom. The lowest BCUT2D eigenvalue weighted by molar-refractivity contribution is 0.0509. The van der Waals surface area contributed by atoms with E-state index in [1.54, 1.807) is 22.0 Å². The number of anilines is 2. The largest absolute Gasteiger partial charge is 0.444 e. The number of alkyl carbamates (subject to hydrolysis) is 1. The fourth-order valence-electron chi connectivity index (χ4n) is 3.36. The Labute approximate surface area is 181 Å². The third kappa shape index (κ3) is 4.04. The molecule has 1 aliphatic rings. The van der Waals surface area contributed by atoms with Crippen molar-refractivity contribution in [2.75, 3.05) is 23.7 Å². The highest BCUT2D eigenvalue weighted by molar-refractivity contribution is 9.10. The molecule has 1 saturated heterocycles. The highest BCUT2D eigenvalue weighted by Crippen LogP contribution is 2.35. The number of nitrogens with one attached hydrogen (secondary N) is 1. The fourth-order valence-corrected chi connectivity index (χ4v) is 4.52. The lowest BCUT2D eigenvalue weighted by atomic mass is 10.2. The van der Waals surface area contributed by atoms with Crippen LogP contribution in [0.15, 0.2) is 27.5 Å². The predicted molar refractivity (Wildman–Crippen MR) is 118 cm³/mol. The van der Waals surface area contributed by atoms with Crippen LogP contribution in [-0.4, -0.2) is 45.4 Å². The number of ether oxygens (including phenoxy) is 1. The van der Waals surface area contributed by atoms with Crippen molar-refractivity contribution in [3.8, 4) is 11.1 Å². The number of nitrogens with two attached hydrogens (primary N) is 1. The summed E-state index contributed by atoms with van der Waals surface area (Å²) in [6.45, 7) is 6.93. The van der Waals surface area contributed by atoms with Crippen LogP contribution < -0.4 is 16.0 Å². The first kappa shape index (κ1) is 20.0. The number of carbonyl (C=O) groups excluding carboxylic acids is 1. The van der Waals surface area contributed by atoms with Crippen LogP contribution in [0.2, 0.25) is 0 Å². The number of rotatable bonds is 3. The first-order valence-corrected chi connectivity index (χ1v) is 11.1. The van der Waals surface area contributed by atoms with Crippen molar-refractivity contribution in [3.63, 3.8) is 0 Å². The van der Waals surface area contributed by atoms with Crippen molar-refractivity contribution in [2.45, 2.75) is 38.8 Å². The molecule has 0 bridgehead atoms. The molecular formula is C19H23BrN6O2S. The number of nitrogens with zero attached hydrogens (tertiary/aromatic N) is 4. The molecule has 1 aliphatic heterocycles. The summed E-state index contributed by atoms with van der Waals surface area (Å²) in [5.74, 6) is 1.25. The molecule has 4 rings (SSSR count). The summed E-state index contributed by atoms with van der Waals surface area (Å²) in [5, 5.41) is 11.4. The first-order valence-electron chi connectivity index (χ1n) is 9.32. The number of hydrogen-bond acceptors (Lipinski definition) is 7. The van der Waals surface area contributed by atoms with Gasteiger partial charge in [-0.25, -0.2) is 9.78 Å². The fraction of sp³-hybridized carbons (Fsp3) is 0.421. The Morgan fingerprint density at radius 3 is 2.93 bits per heavy atom. The van der Waals surface area contributed by atoms with Crippen LogP contribution in [0.5, 0.6) is 0 Å². The zero-order chi connectivity index (χ0) is 20.8. The molecule has 0 spiro atoms. The Morgan fingerprint density at radius 1 is 1.45 bits per heavy atom. The second kappa shape index (κ2) is 7.49. The van der Waals surface area contributed by atoms with Gasteiger partial charge < -0.3 is 20.7 Å². The number of thiophene rings is 1. The van der Waals surface area contributed by atoms with Crippen molar-refractivity contribution in [3.05, 3.63) is 27.5 Å². The molecule has 3 N–H and O–H groups in total. The molecule has 154 valence electrons. The summed E-state index contributed by atoms with van der Waals surface area (Å²) >= 11 is 5.21. The third-order valence-corrected chi connectivity index (χ3v) is 6.09. The standard InChI is InChI=1S/C19H23BrN6O2S/c1-19(2,3)28-18(27)23-12-4-6-25(9-12)17-14(20)15(21)26-16(24-17)13(8-22-26)11-5-7-29-10-11/h5,7-8,10,12H,4,6,9,21H2,1-3H3,(H,23,27)/t12-/m0/s1. The molecule has 1 atom stereocenters. The van der Waals surface area contributed by atoms with Gasteiger partial charge in [0, 0.05) is 18.7 Å². The molecular weight excluding hydrogens is 456 g/mol. The van der Waals surface area contributed by atoms with E-state index in [9.17, 15) is 4.79 Å². The lowest BCUT2D eigenvalue weighted by Gasteiger charge is -2.23. The lowest BCUT2D eigenvalue weighted by Crippen LogP contribution is -2.40. The van der Waals surface area contributed by atoms with Crippen LogP contribution in [0, 0.1) is 0 Å². The van der Waals surface area contributed by atoms with Gasteiger partial charge in [-0.15, -0.1) is 0 Å². The van der Waals surface area contributed by atoms with Crippen molar-refractivity contribution in [1.82, 2.24) is 19.9 Å². The van der Waals surface area contributed by atoms with E-state index in [-0.39, 0.29) is 6.04 Å². The highest BCUT2D eigenvalue weighted by Gasteiger charge is 2.29. The molecule has 10 heteroatoms. The summed E-state index contributed by atoms with van der Waals surface area (Å²) in [7, 11) is 0. The second-order valence-electron chi connectivity index (χ2n) is 8.02. The van der Waals surface area contributed by atoms with Crippen molar-refractivity contribution in [2.24, 2.45) is 0 Å². The predicted octanol–water partition coefficient (Wildman–Crippen LogP) is 3.91. The monoisotopic (exact) mass is 478 g/mol. The average Bonchev–Trinajstić information content (AvgIpc) is 3.36. The molecule has 0 aromatic carbocycles. The van der Waals surface area contributed by atoms with E-state index in [1.807, 2.05) is 32.2 Å². The van der Waals surface area contributed by atoms with Gasteiger partial charge in [0.15, 0.2) is 5.65 Å². The average molecular weight is 479 g/mol. The molecule has 0 aliphatic carbocycles. The Hall–Kier alpha value is -2.33. The molecule has 8 nitrogen and oxygen atoms in total. The molecule has 29 heavy (non-hydrogen) atoms. The van der Waals surface area contributed by atoms with Gasteiger partial charge in [0.2, 0.25) is 0 Å². The zero-order valence-corrected chi connectivity index (χ0v) is 18.9. The van der Waals surface area contributed by atoms with Crippen molar-refractivity contribution < 1.29 is 9.53 Å². The van der Waals surface area contributed by atoms with Crippen LogP contribution >= 0.6 is 27.3 Å². The van der Waals surface area contributed by atoms with Crippen LogP contribution in [0.1, 0.15) is 27.2 Å². The maximum Gasteiger partial charge on any atom is 0.407 e. The summed E-state index contributed by atoms with van der Waals surface area (Å²) in [5.41, 5.74) is 8.53. The summed E-state index contributed by atoms with van der Waals surface area (Å²) < 4.78 is 7.71. The van der Waals surface area contributed by atoms with Gasteiger partial charge in [0.1, 0.15) is 21.7 Å². The zero-order valence-electron chi connectivity index (χ0n) is 16.5. The number of nitrogen functional groups attached to an aromatic ring is 1. The number of aromatic nitrogens is 3. The maximum absolute atomic E-state index is 12.1. The normalized spacial score (nSPS) is 17.1. The number of carbonyl (C=O) groups is 1. The van der Waals surface area contributed by atoms with Gasteiger partial charge in [-0.05, 0) is 65.5 Å². The second-order valence-corrected chi connectivity index (χ2v) is 9.59. The van der Waals surface area contributed by atoms with E-state index in [4.69, 9.17) is 15.5 Å². The van der Waals surface area contributed by atoms with E-state index in [2.05, 4.69) is 36.6 Å². The van der Waals surface area contributed by atoms with E-state index in [1.165, 1.54) is 0 Å². The minimum Gasteiger partial charge on any atom is -0.444 e. The van der Waals surface area contributed by atoms with Crippen LogP contribution in [0.3, 0.4) is 0 Å². The molecule has 3 aromatic rings. The van der Waals surface area contributed by atoms with E-state index in [0.29, 0.717) is 22.5 Å². The molecule has 4 heterocycles. The minimum absolute atomic E-state index is 0.0164. The van der Waals surface area contributed by atoms with Gasteiger partial charge >= 0.3 is 6.09 Å². The summed E-state index contributed by atoms with van der Waals surface area (Å²) in [6.07, 6.45) is 2.19. The van der Waals surface area contributed by atoms with Gasteiger partial charge in [-0.1, -0.05) is 0 Å². The van der Waals surface area contributed by atoms with Gasteiger partial charge in [-0.2, -0.15) is 21.0 Å². The quantitative estimate of drug-likeness (QED) is 0.592. The Balaban J connectivity index is 1.59. The number of hydrogen-bond donors (Lipinski definition) is 2. The van der Waals surface area contributed by atoms with Gasteiger partial charge in [0.25, 0.3) is 0 Å². The van der Waals surface area contributed by atoms with E-state index < -0.39 is 11.7 Å². The summed E-state index contributed by atoms with van der Waals surface area (Å²) in [4.78, 5) is 19.1. The number of halogens is 1. The van der Waals surface area contributed by atoms with Crippen LogP contribution in [0.4, 0.5) is 16.4 Å². The van der Waals surface area contributed by atoms with Gasteiger partial charge in [-0.3, -0.25) is 0 Å². The molecule has 1 amide bonds. The Bertz CT molecular complexity index is 1040.